The summed E-state index contributed by atoms with van der Waals surface area (Å²) in [5.41, 5.74) is 1.65. The van der Waals surface area contributed by atoms with Gasteiger partial charge in [0.15, 0.2) is 0 Å². The number of carbonyl (C=O) groups excluding carboxylic acids is 1. The van der Waals surface area contributed by atoms with E-state index in [1.54, 1.807) is 0 Å². The van der Waals surface area contributed by atoms with Crippen molar-refractivity contribution in [2.24, 2.45) is 0 Å². The lowest BCUT2D eigenvalue weighted by Crippen LogP contribution is -2.43. The molecule has 0 saturated heterocycles. The van der Waals surface area contributed by atoms with Gasteiger partial charge >= 0.3 is 6.03 Å². The number of aromatic nitrogens is 2. The Kier molecular flexibility index (Phi) is 5.51. The van der Waals surface area contributed by atoms with Crippen molar-refractivity contribution in [1.29, 1.82) is 0 Å². The van der Waals surface area contributed by atoms with E-state index in [9.17, 15) is 4.79 Å². The highest BCUT2D eigenvalue weighted by atomic mass is 16.3. The average molecular weight is 252 g/mol. The monoisotopic (exact) mass is 252 g/mol. The Morgan fingerprint density at radius 1 is 1.44 bits per heavy atom. The molecule has 0 bridgehead atoms. The van der Waals surface area contributed by atoms with Crippen LogP contribution < -0.4 is 10.6 Å². The molecule has 0 unspecified atom stereocenters. The van der Waals surface area contributed by atoms with Crippen LogP contribution in [0.4, 0.5) is 4.79 Å². The van der Waals surface area contributed by atoms with Crippen molar-refractivity contribution in [2.75, 3.05) is 6.61 Å². The van der Waals surface area contributed by atoms with Gasteiger partial charge in [-0.15, -0.1) is 0 Å². The number of hydrogen-bond donors (Lipinski definition) is 3. The molecule has 1 aromatic heterocycles. The van der Waals surface area contributed by atoms with Gasteiger partial charge in [0.2, 0.25) is 0 Å². The van der Waals surface area contributed by atoms with Crippen LogP contribution in [0.5, 0.6) is 0 Å². The molecule has 0 aliphatic heterocycles. The quantitative estimate of drug-likeness (QED) is 0.718. The first-order chi connectivity index (χ1) is 8.55. The number of aliphatic hydroxyl groups is 1. The molecule has 1 aromatic rings. The summed E-state index contributed by atoms with van der Waals surface area (Å²) in [4.78, 5) is 19.9. The zero-order chi connectivity index (χ0) is 13.5. The summed E-state index contributed by atoms with van der Waals surface area (Å²) < 4.78 is 0. The first-order valence-electron chi connectivity index (χ1n) is 6.01. The topological polar surface area (TPSA) is 87.1 Å². The van der Waals surface area contributed by atoms with Crippen LogP contribution >= 0.6 is 0 Å². The SMILES string of the molecule is CC[C@@H](CO)NC(=O)NCc1cc(C)nc(C)n1. The van der Waals surface area contributed by atoms with Crippen molar-refractivity contribution in [3.05, 3.63) is 23.3 Å². The van der Waals surface area contributed by atoms with E-state index in [0.717, 1.165) is 11.4 Å². The number of rotatable bonds is 5. The Hall–Kier alpha value is -1.69. The maximum Gasteiger partial charge on any atom is 0.315 e. The highest BCUT2D eigenvalue weighted by molar-refractivity contribution is 5.74. The van der Waals surface area contributed by atoms with Gasteiger partial charge in [0.25, 0.3) is 0 Å². The molecule has 1 heterocycles. The van der Waals surface area contributed by atoms with E-state index in [-0.39, 0.29) is 18.7 Å². The lowest BCUT2D eigenvalue weighted by Gasteiger charge is -2.14. The van der Waals surface area contributed by atoms with Gasteiger partial charge < -0.3 is 15.7 Å². The van der Waals surface area contributed by atoms with Crippen LogP contribution in [0.3, 0.4) is 0 Å². The summed E-state index contributed by atoms with van der Waals surface area (Å²) in [6.07, 6.45) is 0.690. The maximum absolute atomic E-state index is 11.5. The second-order valence-corrected chi connectivity index (χ2v) is 4.16. The summed E-state index contributed by atoms with van der Waals surface area (Å²) in [5.74, 6) is 0.689. The molecule has 0 aliphatic rings. The van der Waals surface area contributed by atoms with Crippen LogP contribution in [0.1, 0.15) is 30.6 Å². The van der Waals surface area contributed by atoms with E-state index in [4.69, 9.17) is 5.11 Å². The fourth-order valence-electron chi connectivity index (χ4n) is 1.57. The number of amides is 2. The average Bonchev–Trinajstić information content (AvgIpc) is 2.32. The zero-order valence-electron chi connectivity index (χ0n) is 11.0. The summed E-state index contributed by atoms with van der Waals surface area (Å²) >= 11 is 0. The highest BCUT2D eigenvalue weighted by Gasteiger charge is 2.08. The van der Waals surface area contributed by atoms with E-state index in [1.807, 2.05) is 26.8 Å². The molecule has 3 N–H and O–H groups in total. The normalized spacial score (nSPS) is 12.0. The van der Waals surface area contributed by atoms with E-state index in [2.05, 4.69) is 20.6 Å². The molecule has 0 radical (unpaired) electrons. The number of urea groups is 1. The van der Waals surface area contributed by atoms with Crippen molar-refractivity contribution in [3.8, 4) is 0 Å². The third-order valence-electron chi connectivity index (χ3n) is 2.50. The largest absolute Gasteiger partial charge is 0.394 e. The molecule has 2 amide bonds. The van der Waals surface area contributed by atoms with Gasteiger partial charge in [0.1, 0.15) is 5.82 Å². The van der Waals surface area contributed by atoms with Crippen molar-refractivity contribution in [1.82, 2.24) is 20.6 Å². The first kappa shape index (κ1) is 14.4. The molecule has 6 nitrogen and oxygen atoms in total. The highest BCUT2D eigenvalue weighted by Crippen LogP contribution is 1.99. The summed E-state index contributed by atoms with van der Waals surface area (Å²) in [5, 5.41) is 14.3. The molecule has 18 heavy (non-hydrogen) atoms. The number of nitrogens with one attached hydrogen (secondary N) is 2. The van der Waals surface area contributed by atoms with Crippen LogP contribution in [0, 0.1) is 13.8 Å². The van der Waals surface area contributed by atoms with Crippen LogP contribution in [0.25, 0.3) is 0 Å². The van der Waals surface area contributed by atoms with Crippen molar-refractivity contribution >= 4 is 6.03 Å². The summed E-state index contributed by atoms with van der Waals surface area (Å²) in [6.45, 7) is 5.89. The molecule has 0 saturated carbocycles. The van der Waals surface area contributed by atoms with Gasteiger partial charge in [-0.05, 0) is 26.3 Å². The molecule has 0 fully saturated rings. The first-order valence-corrected chi connectivity index (χ1v) is 6.01. The summed E-state index contributed by atoms with van der Waals surface area (Å²) in [6, 6.07) is 1.32. The number of aryl methyl sites for hydroxylation is 2. The van der Waals surface area contributed by atoms with Gasteiger partial charge in [-0.1, -0.05) is 6.92 Å². The predicted octanol–water partition coefficient (Wildman–Crippen LogP) is 0.664. The Morgan fingerprint density at radius 3 is 2.72 bits per heavy atom. The van der Waals surface area contributed by atoms with Crippen molar-refractivity contribution in [2.45, 2.75) is 39.8 Å². The fraction of sp³-hybridized carbons (Fsp3) is 0.583. The summed E-state index contributed by atoms with van der Waals surface area (Å²) in [7, 11) is 0. The molecule has 1 atom stereocenters. The second-order valence-electron chi connectivity index (χ2n) is 4.16. The maximum atomic E-state index is 11.5. The minimum atomic E-state index is -0.301. The van der Waals surface area contributed by atoms with Gasteiger partial charge in [-0.25, -0.2) is 14.8 Å². The van der Waals surface area contributed by atoms with Crippen LogP contribution in [-0.2, 0) is 6.54 Å². The second kappa shape index (κ2) is 6.90. The molecular weight excluding hydrogens is 232 g/mol. The Labute approximate surface area is 107 Å². The Balaban J connectivity index is 2.47. The van der Waals surface area contributed by atoms with Gasteiger partial charge in [-0.2, -0.15) is 0 Å². The predicted molar refractivity (Wildman–Crippen MR) is 68.0 cm³/mol. The number of nitrogens with zero attached hydrogens (tertiary/aromatic N) is 2. The van der Waals surface area contributed by atoms with E-state index in [0.29, 0.717) is 18.8 Å². The fourth-order valence-corrected chi connectivity index (χ4v) is 1.57. The van der Waals surface area contributed by atoms with E-state index < -0.39 is 0 Å². The molecule has 0 aliphatic carbocycles. The standard InChI is InChI=1S/C12H20N4O2/c1-4-10(7-17)16-12(18)13-6-11-5-8(2)14-9(3)15-11/h5,10,17H,4,6-7H2,1-3H3,(H2,13,16,18)/t10-/m0/s1. The van der Waals surface area contributed by atoms with E-state index in [1.165, 1.54) is 0 Å². The molecular formula is C12H20N4O2. The molecule has 6 heteroatoms. The third kappa shape index (κ3) is 4.67. The Morgan fingerprint density at radius 2 is 2.17 bits per heavy atom. The smallest absolute Gasteiger partial charge is 0.315 e. The molecule has 100 valence electrons. The number of carbonyl (C=O) groups is 1. The molecule has 0 spiro atoms. The zero-order valence-corrected chi connectivity index (χ0v) is 11.0. The molecule has 1 rings (SSSR count). The minimum Gasteiger partial charge on any atom is -0.394 e. The number of aliphatic hydroxyl groups excluding tert-OH is 1. The van der Waals surface area contributed by atoms with Gasteiger partial charge in [-0.3, -0.25) is 0 Å². The minimum absolute atomic E-state index is 0.0599. The number of hydrogen-bond acceptors (Lipinski definition) is 4. The van der Waals surface area contributed by atoms with E-state index >= 15 is 0 Å². The van der Waals surface area contributed by atoms with Crippen LogP contribution in [0.15, 0.2) is 6.07 Å². The van der Waals surface area contributed by atoms with Gasteiger partial charge in [0.05, 0.1) is 24.9 Å². The van der Waals surface area contributed by atoms with Crippen LogP contribution in [0.2, 0.25) is 0 Å². The lowest BCUT2D eigenvalue weighted by molar-refractivity contribution is 0.214. The Bertz CT molecular complexity index is 385. The van der Waals surface area contributed by atoms with Crippen molar-refractivity contribution < 1.29 is 9.90 Å². The third-order valence-corrected chi connectivity index (χ3v) is 2.50. The molecule has 0 aromatic carbocycles. The van der Waals surface area contributed by atoms with Crippen molar-refractivity contribution in [3.63, 3.8) is 0 Å². The lowest BCUT2D eigenvalue weighted by atomic mass is 10.2. The van der Waals surface area contributed by atoms with Crippen LogP contribution in [-0.4, -0.2) is 33.8 Å². The van der Waals surface area contributed by atoms with Gasteiger partial charge in [0, 0.05) is 5.69 Å².